The molecule has 0 spiro atoms. The van der Waals surface area contributed by atoms with E-state index in [0.717, 1.165) is 0 Å². The van der Waals surface area contributed by atoms with Crippen molar-refractivity contribution in [2.45, 2.75) is 6.42 Å². The van der Waals surface area contributed by atoms with Crippen LogP contribution >= 0.6 is 0 Å². The second-order valence-corrected chi connectivity index (χ2v) is 2.35. The van der Waals surface area contributed by atoms with Crippen molar-refractivity contribution >= 4 is 12.4 Å². The van der Waals surface area contributed by atoms with Crippen molar-refractivity contribution in [3.05, 3.63) is 35.6 Å². The lowest BCUT2D eigenvalue weighted by atomic mass is 10.2. The van der Waals surface area contributed by atoms with Crippen molar-refractivity contribution in [2.24, 2.45) is 0 Å². The minimum Gasteiger partial charge on any atom is -0.478 e. The average Bonchev–Trinajstić information content (AvgIpc) is 2.30. The molecule has 4 heteroatoms. The third-order valence-corrected chi connectivity index (χ3v) is 1.53. The molecule has 0 saturated heterocycles. The van der Waals surface area contributed by atoms with Crippen molar-refractivity contribution in [3.8, 4) is 0 Å². The Morgan fingerprint density at radius 2 is 2.31 bits per heavy atom. The summed E-state index contributed by atoms with van der Waals surface area (Å²) in [6.07, 6.45) is 6.71. The lowest BCUT2D eigenvalue weighted by molar-refractivity contribution is -0.132. The largest absolute Gasteiger partial charge is 0.478 e. The molecule has 0 radical (unpaired) electrons. The summed E-state index contributed by atoms with van der Waals surface area (Å²) in [6, 6.07) is 0. The molecular formula is C9H8O4. The van der Waals surface area contributed by atoms with Crippen LogP contribution < -0.4 is 0 Å². The molecule has 0 aromatic rings. The Kier molecular flexibility index (Phi) is 3.03. The molecule has 0 atom stereocenters. The van der Waals surface area contributed by atoms with E-state index in [4.69, 9.17) is 5.11 Å². The van der Waals surface area contributed by atoms with Crippen LogP contribution in [0.15, 0.2) is 35.6 Å². The van der Waals surface area contributed by atoms with Gasteiger partial charge in [-0.05, 0) is 6.08 Å². The van der Waals surface area contributed by atoms with Crippen LogP contribution in [0.4, 0.5) is 0 Å². The highest BCUT2D eigenvalue weighted by atomic mass is 16.5. The molecule has 1 rings (SSSR count). The van der Waals surface area contributed by atoms with Gasteiger partial charge in [-0.2, -0.15) is 0 Å². The number of allylic oxidation sites excluding steroid dienone is 3. The van der Waals surface area contributed by atoms with Gasteiger partial charge in [0.05, 0.1) is 5.57 Å². The van der Waals surface area contributed by atoms with Gasteiger partial charge in [0.1, 0.15) is 5.76 Å². The zero-order valence-electron chi connectivity index (χ0n) is 6.77. The number of ether oxygens (including phenoxy) is 1. The summed E-state index contributed by atoms with van der Waals surface area (Å²) in [5.41, 5.74) is 0.0112. The quantitative estimate of drug-likeness (QED) is 0.658. The van der Waals surface area contributed by atoms with Crippen molar-refractivity contribution in [1.29, 1.82) is 0 Å². The molecular weight excluding hydrogens is 172 g/mol. The van der Waals surface area contributed by atoms with Crippen molar-refractivity contribution in [2.75, 3.05) is 0 Å². The molecule has 1 aliphatic rings. The molecule has 13 heavy (non-hydrogen) atoms. The van der Waals surface area contributed by atoms with Crippen molar-refractivity contribution in [3.63, 3.8) is 0 Å². The molecule has 0 bridgehead atoms. The van der Waals surface area contributed by atoms with Gasteiger partial charge in [0.2, 0.25) is 0 Å². The zero-order valence-corrected chi connectivity index (χ0v) is 6.77. The second-order valence-electron chi connectivity index (χ2n) is 2.35. The zero-order chi connectivity index (χ0) is 9.68. The third-order valence-electron chi connectivity index (χ3n) is 1.53. The molecule has 1 N–H and O–H groups in total. The topological polar surface area (TPSA) is 63.6 Å². The smallest absolute Gasteiger partial charge is 0.339 e. The van der Waals surface area contributed by atoms with E-state index in [9.17, 15) is 9.59 Å². The maximum atomic E-state index is 10.7. The van der Waals surface area contributed by atoms with Crippen LogP contribution in [0.1, 0.15) is 6.42 Å². The van der Waals surface area contributed by atoms with E-state index in [-0.39, 0.29) is 17.8 Å². The lowest BCUT2D eigenvalue weighted by Gasteiger charge is -2.02. The van der Waals surface area contributed by atoms with Crippen molar-refractivity contribution < 1.29 is 19.4 Å². The van der Waals surface area contributed by atoms with Gasteiger partial charge in [0.25, 0.3) is 6.47 Å². The number of hydrogen-bond acceptors (Lipinski definition) is 3. The number of rotatable bonds is 3. The predicted octanol–water partition coefficient (Wildman–Crippen LogP) is 1.01. The number of carboxylic acids is 1. The molecule has 0 aromatic carbocycles. The first-order chi connectivity index (χ1) is 6.25. The van der Waals surface area contributed by atoms with E-state index in [1.165, 1.54) is 6.08 Å². The summed E-state index contributed by atoms with van der Waals surface area (Å²) in [4.78, 5) is 20.7. The first-order valence-electron chi connectivity index (χ1n) is 3.65. The van der Waals surface area contributed by atoms with Crippen LogP contribution in [0.25, 0.3) is 0 Å². The van der Waals surface area contributed by atoms with E-state index >= 15 is 0 Å². The highest BCUT2D eigenvalue weighted by Crippen LogP contribution is 2.15. The monoisotopic (exact) mass is 180 g/mol. The third kappa shape index (κ3) is 2.30. The summed E-state index contributed by atoms with van der Waals surface area (Å²) < 4.78 is 4.55. The van der Waals surface area contributed by atoms with Gasteiger partial charge in [-0.15, -0.1) is 0 Å². The van der Waals surface area contributed by atoms with Gasteiger partial charge in [-0.3, -0.25) is 4.79 Å². The van der Waals surface area contributed by atoms with Gasteiger partial charge in [-0.25, -0.2) is 4.79 Å². The van der Waals surface area contributed by atoms with Gasteiger partial charge >= 0.3 is 5.97 Å². The fraction of sp³-hybridized carbons (Fsp3) is 0.111. The van der Waals surface area contributed by atoms with Crippen LogP contribution in [0.5, 0.6) is 0 Å². The first-order valence-corrected chi connectivity index (χ1v) is 3.65. The van der Waals surface area contributed by atoms with E-state index in [1.807, 2.05) is 0 Å². The molecule has 0 heterocycles. The standard InChI is InChI=1S/C9H8O4/c10-6-13-8-5-3-1-2-4-7(8)9(11)12/h1-4,6H,5H2,(H,11,12). The Hall–Kier alpha value is -1.84. The van der Waals surface area contributed by atoms with Crippen LogP contribution in [-0.4, -0.2) is 17.5 Å². The minimum atomic E-state index is -1.10. The molecule has 0 unspecified atom stereocenters. The SMILES string of the molecule is O=COC1=C(C(=O)O)C=CC=CC1. The molecule has 0 aliphatic heterocycles. The fourth-order valence-electron chi connectivity index (χ4n) is 0.969. The number of hydrogen-bond donors (Lipinski definition) is 1. The first kappa shape index (κ1) is 9.25. The maximum Gasteiger partial charge on any atom is 0.339 e. The maximum absolute atomic E-state index is 10.7. The number of carbonyl (C=O) groups excluding carboxylic acids is 1. The average molecular weight is 180 g/mol. The molecule has 0 fully saturated rings. The van der Waals surface area contributed by atoms with Gasteiger partial charge in [0, 0.05) is 6.42 Å². The number of aliphatic carboxylic acids is 1. The molecule has 0 aromatic heterocycles. The lowest BCUT2D eigenvalue weighted by Crippen LogP contribution is -2.03. The summed E-state index contributed by atoms with van der Waals surface area (Å²) in [7, 11) is 0. The Bertz CT molecular complexity index is 310. The molecule has 4 nitrogen and oxygen atoms in total. The fourth-order valence-corrected chi connectivity index (χ4v) is 0.969. The summed E-state index contributed by atoms with van der Waals surface area (Å²) in [6.45, 7) is 0.227. The van der Waals surface area contributed by atoms with Crippen LogP contribution in [0.2, 0.25) is 0 Å². The highest BCUT2D eigenvalue weighted by Gasteiger charge is 2.13. The minimum absolute atomic E-state index is 0.0112. The van der Waals surface area contributed by atoms with E-state index in [1.54, 1.807) is 18.2 Å². The predicted molar refractivity (Wildman–Crippen MR) is 44.7 cm³/mol. The van der Waals surface area contributed by atoms with E-state index < -0.39 is 5.97 Å². The normalized spacial score (nSPS) is 15.4. The highest BCUT2D eigenvalue weighted by molar-refractivity contribution is 5.90. The second kappa shape index (κ2) is 4.25. The van der Waals surface area contributed by atoms with Crippen LogP contribution in [-0.2, 0) is 14.3 Å². The Morgan fingerprint density at radius 3 is 2.92 bits per heavy atom. The molecule has 1 aliphatic carbocycles. The van der Waals surface area contributed by atoms with Gasteiger partial charge < -0.3 is 9.84 Å². The van der Waals surface area contributed by atoms with Gasteiger partial charge in [-0.1, -0.05) is 18.2 Å². The summed E-state index contributed by atoms with van der Waals surface area (Å²) in [5, 5.41) is 8.73. The molecule has 0 amide bonds. The van der Waals surface area contributed by atoms with Gasteiger partial charge in [0.15, 0.2) is 0 Å². The number of carboxylic acid groups (broad SMARTS) is 1. The van der Waals surface area contributed by atoms with E-state index in [2.05, 4.69) is 4.74 Å². The summed E-state index contributed by atoms with van der Waals surface area (Å²) in [5.74, 6) is -0.940. The Morgan fingerprint density at radius 1 is 1.54 bits per heavy atom. The Balaban J connectivity index is 3.01. The van der Waals surface area contributed by atoms with Crippen LogP contribution in [0.3, 0.4) is 0 Å². The summed E-state index contributed by atoms with van der Waals surface area (Å²) >= 11 is 0. The molecule has 68 valence electrons. The van der Waals surface area contributed by atoms with Crippen molar-refractivity contribution in [1.82, 2.24) is 0 Å². The van der Waals surface area contributed by atoms with E-state index in [0.29, 0.717) is 6.42 Å². The van der Waals surface area contributed by atoms with Crippen LogP contribution in [0, 0.1) is 0 Å². The Labute approximate surface area is 74.8 Å². The number of carbonyl (C=O) groups is 2. The molecule has 0 saturated carbocycles.